The maximum absolute atomic E-state index is 13.6. The summed E-state index contributed by atoms with van der Waals surface area (Å²) < 4.78 is 32.4. The molecule has 1 aromatic heterocycles. The predicted molar refractivity (Wildman–Crippen MR) is 130 cm³/mol. The molecule has 0 radical (unpaired) electrons. The lowest BCUT2D eigenvalue weighted by molar-refractivity contribution is -0.153. The van der Waals surface area contributed by atoms with Crippen molar-refractivity contribution in [2.75, 3.05) is 6.54 Å². The monoisotopic (exact) mass is 521 g/mol. The zero-order chi connectivity index (χ0) is 26.9. The lowest BCUT2D eigenvalue weighted by Crippen LogP contribution is -2.61. The first-order valence-corrected chi connectivity index (χ1v) is 13.3. The van der Waals surface area contributed by atoms with Crippen molar-refractivity contribution in [1.82, 2.24) is 4.90 Å². The molecule has 37 heavy (non-hydrogen) atoms. The molecule has 0 saturated heterocycles. The van der Waals surface area contributed by atoms with E-state index in [2.05, 4.69) is 0 Å². The van der Waals surface area contributed by atoms with Crippen LogP contribution in [-0.2, 0) is 4.79 Å². The van der Waals surface area contributed by atoms with Crippen molar-refractivity contribution in [1.29, 1.82) is 0 Å². The first kappa shape index (κ1) is 26.5. The van der Waals surface area contributed by atoms with Gasteiger partial charge in [-0.15, -0.1) is 0 Å². The van der Waals surface area contributed by atoms with Gasteiger partial charge >= 0.3 is 0 Å². The van der Waals surface area contributed by atoms with E-state index in [4.69, 9.17) is 4.42 Å². The van der Waals surface area contributed by atoms with Crippen LogP contribution in [0, 0.1) is 28.6 Å². The van der Waals surface area contributed by atoms with E-state index in [9.17, 15) is 33.7 Å². The van der Waals surface area contributed by atoms with Crippen LogP contribution in [0.15, 0.2) is 34.5 Å². The highest BCUT2D eigenvalue weighted by molar-refractivity contribution is 5.95. The first-order valence-electron chi connectivity index (χ1n) is 13.3. The SMILES string of the molecule is CC([C@H]1CC[C@@]2(O)C3=CC(=O)C4C[C@@H](O)[C@@H](O)C[C@]4(C)C3CC[C@]12C)N(CC(F)F)C(=O)c1ccco1. The molecular formula is C28H37F2NO6. The molecule has 3 unspecified atom stereocenters. The molecule has 7 nitrogen and oxygen atoms in total. The molecule has 5 rings (SSSR count). The number of nitrogens with zero attached hydrogens (tertiary/aromatic N) is 1. The molecule has 1 heterocycles. The normalized spacial score (nSPS) is 42.0. The minimum Gasteiger partial charge on any atom is -0.459 e. The van der Waals surface area contributed by atoms with Crippen LogP contribution in [0.1, 0.15) is 69.9 Å². The van der Waals surface area contributed by atoms with Gasteiger partial charge in [-0.25, -0.2) is 8.78 Å². The third-order valence-electron chi connectivity index (χ3n) is 10.6. The summed E-state index contributed by atoms with van der Waals surface area (Å²) in [6.45, 7) is 4.95. The minimum absolute atomic E-state index is 0.00721. The molecule has 1 aromatic rings. The van der Waals surface area contributed by atoms with Crippen molar-refractivity contribution >= 4 is 11.7 Å². The summed E-state index contributed by atoms with van der Waals surface area (Å²) in [7, 11) is 0. The number of carbonyl (C=O) groups excluding carboxylic acids is 2. The van der Waals surface area contributed by atoms with E-state index >= 15 is 0 Å². The van der Waals surface area contributed by atoms with Crippen LogP contribution in [-0.4, -0.2) is 68.7 Å². The van der Waals surface area contributed by atoms with E-state index in [0.717, 1.165) is 4.90 Å². The smallest absolute Gasteiger partial charge is 0.289 e. The third kappa shape index (κ3) is 3.83. The summed E-state index contributed by atoms with van der Waals surface area (Å²) in [6.07, 6.45) is 0.896. The number of hydrogen-bond donors (Lipinski definition) is 3. The average Bonchev–Trinajstić information content (AvgIpc) is 3.45. The lowest BCUT2D eigenvalue weighted by Gasteiger charge is -2.60. The summed E-state index contributed by atoms with van der Waals surface area (Å²) in [6, 6.07) is 2.39. The number of aliphatic hydroxyl groups excluding tert-OH is 2. The molecule has 0 bridgehead atoms. The van der Waals surface area contributed by atoms with Crippen LogP contribution in [0.3, 0.4) is 0 Å². The number of hydrogen-bond acceptors (Lipinski definition) is 6. The zero-order valence-electron chi connectivity index (χ0n) is 21.6. The van der Waals surface area contributed by atoms with Gasteiger partial charge in [0.25, 0.3) is 12.3 Å². The highest BCUT2D eigenvalue weighted by Gasteiger charge is 2.67. The van der Waals surface area contributed by atoms with Crippen molar-refractivity contribution in [2.24, 2.45) is 28.6 Å². The second kappa shape index (κ2) is 8.99. The van der Waals surface area contributed by atoms with Gasteiger partial charge in [0, 0.05) is 17.4 Å². The number of alkyl halides is 2. The zero-order valence-corrected chi connectivity index (χ0v) is 21.6. The molecule has 9 heteroatoms. The van der Waals surface area contributed by atoms with E-state index in [1.165, 1.54) is 18.4 Å². The van der Waals surface area contributed by atoms with Gasteiger partial charge in [-0.2, -0.15) is 0 Å². The molecular weight excluding hydrogens is 484 g/mol. The highest BCUT2D eigenvalue weighted by Crippen LogP contribution is 2.67. The van der Waals surface area contributed by atoms with E-state index in [0.29, 0.717) is 31.3 Å². The topological polar surface area (TPSA) is 111 Å². The fourth-order valence-corrected chi connectivity index (χ4v) is 8.53. The maximum Gasteiger partial charge on any atom is 0.289 e. The number of furan rings is 1. The van der Waals surface area contributed by atoms with Gasteiger partial charge in [-0.3, -0.25) is 9.59 Å². The second-order valence-electron chi connectivity index (χ2n) is 12.2. The van der Waals surface area contributed by atoms with Gasteiger partial charge in [-0.05, 0) is 86.5 Å². The Morgan fingerprint density at radius 3 is 2.57 bits per heavy atom. The summed E-state index contributed by atoms with van der Waals surface area (Å²) in [4.78, 5) is 27.6. The number of allylic oxidation sites excluding steroid dienone is 1. The molecule has 0 aromatic carbocycles. The number of halogens is 2. The van der Waals surface area contributed by atoms with E-state index in [-0.39, 0.29) is 36.2 Å². The number of fused-ring (bicyclic) bond motifs is 5. The average molecular weight is 522 g/mol. The number of amides is 1. The van der Waals surface area contributed by atoms with Gasteiger partial charge in [0.2, 0.25) is 0 Å². The number of aliphatic hydroxyl groups is 3. The molecule has 0 aliphatic heterocycles. The molecule has 3 saturated carbocycles. The second-order valence-corrected chi connectivity index (χ2v) is 12.2. The Balaban J connectivity index is 1.49. The van der Waals surface area contributed by atoms with Crippen LogP contribution in [0.2, 0.25) is 0 Å². The maximum atomic E-state index is 13.6. The van der Waals surface area contributed by atoms with Gasteiger partial charge < -0.3 is 24.6 Å². The third-order valence-corrected chi connectivity index (χ3v) is 10.6. The Morgan fingerprint density at radius 1 is 1.19 bits per heavy atom. The number of carbonyl (C=O) groups is 2. The predicted octanol–water partition coefficient (Wildman–Crippen LogP) is 3.58. The molecule has 3 N–H and O–H groups in total. The first-order chi connectivity index (χ1) is 17.3. The van der Waals surface area contributed by atoms with Crippen molar-refractivity contribution in [3.63, 3.8) is 0 Å². The highest BCUT2D eigenvalue weighted by atomic mass is 19.3. The summed E-state index contributed by atoms with van der Waals surface area (Å²) in [5, 5.41) is 33.0. The van der Waals surface area contributed by atoms with Gasteiger partial charge in [0.1, 0.15) is 0 Å². The Kier molecular flexibility index (Phi) is 6.44. The van der Waals surface area contributed by atoms with Crippen LogP contribution < -0.4 is 0 Å². The summed E-state index contributed by atoms with van der Waals surface area (Å²) in [5.41, 5.74) is -1.99. The van der Waals surface area contributed by atoms with Gasteiger partial charge in [0.05, 0.1) is 30.6 Å². The Labute approximate surface area is 215 Å². The van der Waals surface area contributed by atoms with Crippen molar-refractivity contribution in [3.8, 4) is 0 Å². The summed E-state index contributed by atoms with van der Waals surface area (Å²) in [5.74, 6) is -1.59. The fraction of sp³-hybridized carbons (Fsp3) is 0.714. The molecule has 9 atom stereocenters. The van der Waals surface area contributed by atoms with Crippen molar-refractivity contribution in [3.05, 3.63) is 35.8 Å². The van der Waals surface area contributed by atoms with Crippen molar-refractivity contribution < 1.29 is 38.1 Å². The van der Waals surface area contributed by atoms with Crippen LogP contribution in [0.25, 0.3) is 0 Å². The van der Waals surface area contributed by atoms with Crippen molar-refractivity contribution in [2.45, 2.75) is 89.6 Å². The molecule has 204 valence electrons. The Bertz CT molecular complexity index is 1090. The number of ketones is 1. The Hall–Kier alpha value is -2.10. The molecule has 4 aliphatic rings. The standard InChI is InChI=1S/C28H37F2NO6/c1-15(31(14-24(29)30)25(35)23-5-4-10-37-23)16-7-9-28(36)18-11-20(32)19-12-21(33)22(34)13-26(19,2)17(18)6-8-27(16,28)3/h4-5,10-11,15-17,19,21-22,24,33-34,36H,6-9,12-14H2,1-3H3/t15?,16-,17?,19?,21-,22+,26-,27-,28-/m1/s1. The summed E-state index contributed by atoms with van der Waals surface area (Å²) >= 11 is 0. The quantitative estimate of drug-likeness (QED) is 0.546. The minimum atomic E-state index is -2.73. The molecule has 1 amide bonds. The van der Waals surface area contributed by atoms with Gasteiger partial charge in [0.15, 0.2) is 11.5 Å². The van der Waals surface area contributed by atoms with Crippen LogP contribution >= 0.6 is 0 Å². The van der Waals surface area contributed by atoms with Crippen LogP contribution in [0.4, 0.5) is 8.78 Å². The fourth-order valence-electron chi connectivity index (χ4n) is 8.53. The van der Waals surface area contributed by atoms with E-state index in [1.807, 2.05) is 13.8 Å². The molecule has 4 aliphatic carbocycles. The van der Waals surface area contributed by atoms with E-state index < -0.39 is 59.5 Å². The van der Waals surface area contributed by atoms with Gasteiger partial charge in [-0.1, -0.05) is 13.8 Å². The molecule has 0 spiro atoms. The van der Waals surface area contributed by atoms with Crippen LogP contribution in [0.5, 0.6) is 0 Å². The molecule has 3 fully saturated rings. The lowest BCUT2D eigenvalue weighted by atomic mass is 9.46. The Morgan fingerprint density at radius 2 is 1.92 bits per heavy atom. The number of rotatable bonds is 5. The largest absolute Gasteiger partial charge is 0.459 e. The van der Waals surface area contributed by atoms with E-state index in [1.54, 1.807) is 13.0 Å².